The van der Waals surface area contributed by atoms with Crippen LogP contribution in [0.25, 0.3) is 0 Å². The summed E-state index contributed by atoms with van der Waals surface area (Å²) >= 11 is 0. The quantitative estimate of drug-likeness (QED) is 0.195. The summed E-state index contributed by atoms with van der Waals surface area (Å²) in [5.74, 6) is -0.582. The average Bonchev–Trinajstić information content (AvgIpc) is 2.59. The second-order valence-corrected chi connectivity index (χ2v) is 8.95. The summed E-state index contributed by atoms with van der Waals surface area (Å²) in [6.07, 6.45) is 18.3. The van der Waals surface area contributed by atoms with Crippen LogP contribution in [0.1, 0.15) is 103 Å². The summed E-state index contributed by atoms with van der Waals surface area (Å²) in [6, 6.07) is 0. The minimum Gasteiger partial charge on any atom is -0.748 e. The van der Waals surface area contributed by atoms with Crippen molar-refractivity contribution in [3.05, 3.63) is 0 Å². The largest absolute Gasteiger partial charge is 1.00 e. The van der Waals surface area contributed by atoms with E-state index in [1.54, 1.807) is 7.05 Å². The van der Waals surface area contributed by atoms with Crippen LogP contribution in [0.3, 0.4) is 0 Å². The number of rotatable bonds is 18. The van der Waals surface area contributed by atoms with Gasteiger partial charge in [0.15, 0.2) is 0 Å². The molecule has 0 atom stereocenters. The first-order chi connectivity index (χ1) is 12.4. The smallest absolute Gasteiger partial charge is 0.748 e. The van der Waals surface area contributed by atoms with Gasteiger partial charge in [0.05, 0.1) is 15.9 Å². The van der Waals surface area contributed by atoms with Crippen LogP contribution in [0.5, 0.6) is 0 Å². The predicted octanol–water partition coefficient (Wildman–Crippen LogP) is 1.87. The Morgan fingerprint density at radius 2 is 1.15 bits per heavy atom. The molecule has 0 aromatic carbocycles. The van der Waals surface area contributed by atoms with Gasteiger partial charge in [-0.25, -0.2) is 8.42 Å². The number of amides is 1. The molecule has 0 saturated carbocycles. The Labute approximate surface area is 190 Å². The Morgan fingerprint density at radius 1 is 0.778 bits per heavy atom. The molecule has 0 N–H and O–H groups in total. The van der Waals surface area contributed by atoms with Gasteiger partial charge in [-0.05, 0) is 6.42 Å². The zero-order valence-electron chi connectivity index (χ0n) is 18.0. The van der Waals surface area contributed by atoms with E-state index in [1.807, 2.05) is 0 Å². The van der Waals surface area contributed by atoms with Gasteiger partial charge in [0.1, 0.15) is 0 Å². The zero-order valence-corrected chi connectivity index (χ0v) is 20.8. The Bertz CT molecular complexity index is 443. The van der Waals surface area contributed by atoms with E-state index in [0.29, 0.717) is 6.42 Å². The van der Waals surface area contributed by atoms with Crippen LogP contribution in [0.4, 0.5) is 0 Å². The van der Waals surface area contributed by atoms with Crippen LogP contribution in [0, 0.1) is 0 Å². The molecule has 156 valence electrons. The molecule has 5 nitrogen and oxygen atoms in total. The second kappa shape index (κ2) is 19.7. The summed E-state index contributed by atoms with van der Waals surface area (Å²) in [4.78, 5) is 13.2. The molecule has 0 radical (unpaired) electrons. The molecule has 0 spiro atoms. The van der Waals surface area contributed by atoms with Crippen LogP contribution in [0.2, 0.25) is 0 Å². The van der Waals surface area contributed by atoms with Crippen molar-refractivity contribution in [3.63, 3.8) is 0 Å². The topological polar surface area (TPSA) is 77.5 Å². The Kier molecular flexibility index (Phi) is 21.6. The molecular weight excluding hydrogens is 373 g/mol. The monoisotopic (exact) mass is 413 g/mol. The number of hydrogen-bond donors (Lipinski definition) is 0. The van der Waals surface area contributed by atoms with Crippen molar-refractivity contribution >= 4 is 16.0 Å². The van der Waals surface area contributed by atoms with Crippen LogP contribution < -0.4 is 29.6 Å². The molecule has 0 aliphatic heterocycles. The van der Waals surface area contributed by atoms with E-state index in [-0.39, 0.29) is 42.0 Å². The molecule has 0 heterocycles. The Hall–Kier alpha value is 0.380. The SMILES string of the molecule is CCCCCCCCCCCCCCCCC(=O)N(C)CCS(=O)(=O)[O-].[Na+]. The standard InChI is InChI=1S/C20H41NO4S.Na/c1-3-4-5-6-7-8-9-10-11-12-13-14-15-16-17-20(22)21(2)18-19-26(23,24)25;/h3-19H2,1-2H3,(H,23,24,25);/q;+1/p-1. The molecule has 0 aliphatic carbocycles. The average molecular weight is 414 g/mol. The van der Waals surface area contributed by atoms with Gasteiger partial charge in [-0.1, -0.05) is 90.4 Å². The number of unbranched alkanes of at least 4 members (excludes halogenated alkanes) is 13. The molecule has 0 fully saturated rings. The van der Waals surface area contributed by atoms with E-state index in [2.05, 4.69) is 6.92 Å². The summed E-state index contributed by atoms with van der Waals surface area (Å²) in [5.41, 5.74) is 0. The van der Waals surface area contributed by atoms with Crippen molar-refractivity contribution in [2.45, 2.75) is 103 Å². The molecule has 7 heteroatoms. The summed E-state index contributed by atoms with van der Waals surface area (Å²) < 4.78 is 31.7. The van der Waals surface area contributed by atoms with Crippen LogP contribution in [0.15, 0.2) is 0 Å². The van der Waals surface area contributed by atoms with Gasteiger partial charge in [-0.2, -0.15) is 0 Å². The molecule has 0 aliphatic rings. The first-order valence-electron chi connectivity index (χ1n) is 10.5. The zero-order chi connectivity index (χ0) is 19.7. The van der Waals surface area contributed by atoms with Gasteiger partial charge in [0.2, 0.25) is 5.91 Å². The van der Waals surface area contributed by atoms with E-state index in [0.717, 1.165) is 19.3 Å². The molecule has 0 aromatic rings. The van der Waals surface area contributed by atoms with E-state index < -0.39 is 15.9 Å². The van der Waals surface area contributed by atoms with Crippen LogP contribution in [-0.4, -0.2) is 43.1 Å². The van der Waals surface area contributed by atoms with E-state index in [4.69, 9.17) is 0 Å². The fourth-order valence-corrected chi connectivity index (χ4v) is 3.53. The van der Waals surface area contributed by atoms with E-state index in [1.165, 1.54) is 75.5 Å². The van der Waals surface area contributed by atoms with Gasteiger partial charge in [-0.15, -0.1) is 0 Å². The molecule has 0 saturated heterocycles. The molecular formula is C20H40NNaO4S. The fraction of sp³-hybridized carbons (Fsp3) is 0.950. The van der Waals surface area contributed by atoms with Crippen molar-refractivity contribution in [2.75, 3.05) is 19.3 Å². The maximum atomic E-state index is 11.8. The maximum absolute atomic E-state index is 11.8. The van der Waals surface area contributed by atoms with E-state index in [9.17, 15) is 17.8 Å². The number of hydrogen-bond acceptors (Lipinski definition) is 4. The summed E-state index contributed by atoms with van der Waals surface area (Å²) in [5, 5.41) is 0. The van der Waals surface area contributed by atoms with Crippen molar-refractivity contribution in [2.24, 2.45) is 0 Å². The molecule has 0 rings (SSSR count). The normalized spacial score (nSPS) is 11.2. The van der Waals surface area contributed by atoms with Crippen molar-refractivity contribution in [1.82, 2.24) is 4.90 Å². The fourth-order valence-electron chi connectivity index (χ4n) is 3.04. The molecule has 1 amide bonds. The number of nitrogens with zero attached hydrogens (tertiary/aromatic N) is 1. The minimum absolute atomic E-state index is 0. The van der Waals surface area contributed by atoms with Crippen molar-refractivity contribution in [3.8, 4) is 0 Å². The van der Waals surface area contributed by atoms with E-state index >= 15 is 0 Å². The Balaban J connectivity index is 0. The maximum Gasteiger partial charge on any atom is 1.00 e. The summed E-state index contributed by atoms with van der Waals surface area (Å²) in [7, 11) is -2.69. The number of carbonyl (C=O) groups excluding carboxylic acids is 1. The van der Waals surface area contributed by atoms with Gasteiger partial charge >= 0.3 is 29.6 Å². The van der Waals surface area contributed by atoms with Crippen LogP contribution >= 0.6 is 0 Å². The first kappa shape index (κ1) is 29.6. The Morgan fingerprint density at radius 3 is 1.52 bits per heavy atom. The third-order valence-corrected chi connectivity index (χ3v) is 5.53. The predicted molar refractivity (Wildman–Crippen MR) is 107 cm³/mol. The summed E-state index contributed by atoms with van der Waals surface area (Å²) in [6.45, 7) is 2.24. The molecule has 27 heavy (non-hydrogen) atoms. The first-order valence-corrected chi connectivity index (χ1v) is 12.1. The third kappa shape index (κ3) is 22.5. The second-order valence-electron chi connectivity index (χ2n) is 7.42. The van der Waals surface area contributed by atoms with Crippen molar-refractivity contribution in [1.29, 1.82) is 0 Å². The van der Waals surface area contributed by atoms with Gasteiger partial charge in [0, 0.05) is 20.0 Å². The van der Waals surface area contributed by atoms with Crippen molar-refractivity contribution < 1.29 is 47.3 Å². The molecule has 0 unspecified atom stereocenters. The molecule has 0 bridgehead atoms. The molecule has 0 aromatic heterocycles. The van der Waals surface area contributed by atoms with Gasteiger partial charge in [0.25, 0.3) is 0 Å². The van der Waals surface area contributed by atoms with Gasteiger partial charge in [-0.3, -0.25) is 4.79 Å². The van der Waals surface area contributed by atoms with Gasteiger partial charge < -0.3 is 9.45 Å². The van der Waals surface area contributed by atoms with Crippen LogP contribution in [-0.2, 0) is 14.9 Å². The minimum atomic E-state index is -4.25. The number of carbonyl (C=O) groups is 1. The third-order valence-electron chi connectivity index (χ3n) is 4.85.